The van der Waals surface area contributed by atoms with Gasteiger partial charge in [-0.1, -0.05) is 52.2 Å². The van der Waals surface area contributed by atoms with Crippen LogP contribution in [0.2, 0.25) is 0 Å². The van der Waals surface area contributed by atoms with Gasteiger partial charge in [0.2, 0.25) is 0 Å². The Morgan fingerprint density at radius 2 is 1.60 bits per heavy atom. The number of hydrogen-bond acceptors (Lipinski definition) is 6. The molecule has 1 aromatic heterocycles. The second-order valence-corrected chi connectivity index (χ2v) is 12.8. The molecule has 2 aromatic carbocycles. The molecule has 0 bridgehead atoms. The fourth-order valence-electron chi connectivity index (χ4n) is 5.45. The van der Waals surface area contributed by atoms with Gasteiger partial charge in [0.05, 0.1) is 18.8 Å². The Morgan fingerprint density at radius 1 is 0.907 bits per heavy atom. The molecule has 4 atom stereocenters. The van der Waals surface area contributed by atoms with E-state index in [-0.39, 0.29) is 29.9 Å². The number of halogens is 1. The zero-order chi connectivity index (χ0) is 30.6. The number of phenols is 1. The number of rotatable bonds is 17. The molecule has 0 radical (unpaired) electrons. The fourth-order valence-corrected chi connectivity index (χ4v) is 6.49. The largest absolute Gasteiger partial charge is 0.508 e. The number of thiophene rings is 1. The molecule has 236 valence electrons. The van der Waals surface area contributed by atoms with Crippen LogP contribution < -0.4 is 0 Å². The SMILES string of the molecule is CCCCOC[C@@H]1C[C@H](OCCCC)[C@@H](OCCCC)[C@H](c2cc(Cc3ccc(-c4ccc(F)cc4)s3)c(C)cc2O)O1. The van der Waals surface area contributed by atoms with Gasteiger partial charge in [-0.15, -0.1) is 11.3 Å². The van der Waals surface area contributed by atoms with E-state index in [0.717, 1.165) is 72.1 Å². The van der Waals surface area contributed by atoms with Crippen LogP contribution >= 0.6 is 11.3 Å². The van der Waals surface area contributed by atoms with Gasteiger partial charge >= 0.3 is 0 Å². The molecule has 4 rings (SSSR count). The van der Waals surface area contributed by atoms with Crippen LogP contribution in [-0.2, 0) is 25.4 Å². The van der Waals surface area contributed by atoms with Crippen LogP contribution in [-0.4, -0.2) is 49.8 Å². The Kier molecular flexibility index (Phi) is 13.5. The summed E-state index contributed by atoms with van der Waals surface area (Å²) in [6.45, 7) is 11.0. The van der Waals surface area contributed by atoms with E-state index in [1.165, 1.54) is 17.0 Å². The zero-order valence-corrected chi connectivity index (χ0v) is 27.1. The molecule has 1 aliphatic rings. The third-order valence-electron chi connectivity index (χ3n) is 8.03. The highest BCUT2D eigenvalue weighted by molar-refractivity contribution is 7.15. The highest BCUT2D eigenvalue weighted by atomic mass is 32.1. The summed E-state index contributed by atoms with van der Waals surface area (Å²) in [5.41, 5.74) is 3.89. The third-order valence-corrected chi connectivity index (χ3v) is 9.16. The minimum atomic E-state index is -0.477. The van der Waals surface area contributed by atoms with E-state index in [2.05, 4.69) is 39.0 Å². The zero-order valence-electron chi connectivity index (χ0n) is 26.3. The molecule has 43 heavy (non-hydrogen) atoms. The van der Waals surface area contributed by atoms with Crippen molar-refractivity contribution in [3.63, 3.8) is 0 Å². The molecule has 7 heteroatoms. The van der Waals surface area contributed by atoms with Crippen molar-refractivity contribution in [1.82, 2.24) is 0 Å². The van der Waals surface area contributed by atoms with Crippen molar-refractivity contribution >= 4 is 11.3 Å². The molecule has 0 amide bonds. The first-order valence-corrected chi connectivity index (χ1v) is 16.9. The summed E-state index contributed by atoms with van der Waals surface area (Å²) in [4.78, 5) is 2.30. The lowest BCUT2D eigenvalue weighted by Crippen LogP contribution is -2.48. The minimum Gasteiger partial charge on any atom is -0.508 e. The van der Waals surface area contributed by atoms with Gasteiger partial charge in [0.15, 0.2) is 0 Å². The van der Waals surface area contributed by atoms with E-state index in [4.69, 9.17) is 18.9 Å². The van der Waals surface area contributed by atoms with Gasteiger partial charge in [0.25, 0.3) is 0 Å². The molecule has 0 unspecified atom stereocenters. The summed E-state index contributed by atoms with van der Waals surface area (Å²) in [7, 11) is 0. The predicted octanol–water partition coefficient (Wildman–Crippen LogP) is 9.18. The number of ether oxygens (including phenoxy) is 4. The molecule has 0 aliphatic carbocycles. The molecule has 2 heterocycles. The molecule has 1 N–H and O–H groups in total. The van der Waals surface area contributed by atoms with Crippen molar-refractivity contribution in [1.29, 1.82) is 0 Å². The first-order chi connectivity index (χ1) is 20.9. The lowest BCUT2D eigenvalue weighted by Gasteiger charge is -2.42. The van der Waals surface area contributed by atoms with Crippen LogP contribution in [0, 0.1) is 12.7 Å². The quantitative estimate of drug-likeness (QED) is 0.154. The predicted molar refractivity (Wildman–Crippen MR) is 173 cm³/mol. The molecule has 1 aliphatic heterocycles. The van der Waals surface area contributed by atoms with Crippen LogP contribution in [0.25, 0.3) is 10.4 Å². The van der Waals surface area contributed by atoms with E-state index in [9.17, 15) is 9.50 Å². The average Bonchev–Trinajstić information content (AvgIpc) is 3.46. The Bertz CT molecular complexity index is 1240. The second kappa shape index (κ2) is 17.3. The number of hydrogen-bond donors (Lipinski definition) is 1. The molecular weight excluding hydrogens is 563 g/mol. The Hall–Kier alpha value is -2.29. The number of unbranched alkanes of at least 4 members (excludes halogenated alkanes) is 3. The van der Waals surface area contributed by atoms with Crippen molar-refractivity contribution in [3.05, 3.63) is 75.9 Å². The van der Waals surface area contributed by atoms with Gasteiger partial charge in [-0.25, -0.2) is 4.39 Å². The van der Waals surface area contributed by atoms with Crippen LogP contribution in [0.4, 0.5) is 4.39 Å². The molecule has 0 spiro atoms. The van der Waals surface area contributed by atoms with Crippen LogP contribution in [0.1, 0.15) is 93.4 Å². The van der Waals surface area contributed by atoms with Gasteiger partial charge in [0, 0.05) is 48.0 Å². The highest BCUT2D eigenvalue weighted by Gasteiger charge is 2.42. The molecule has 0 saturated carbocycles. The smallest absolute Gasteiger partial charge is 0.123 e. The van der Waals surface area contributed by atoms with Gasteiger partial charge in [-0.2, -0.15) is 0 Å². The van der Waals surface area contributed by atoms with Crippen LogP contribution in [0.3, 0.4) is 0 Å². The fraction of sp³-hybridized carbons (Fsp3) is 0.556. The maximum atomic E-state index is 13.4. The van der Waals surface area contributed by atoms with Crippen LogP contribution in [0.15, 0.2) is 48.5 Å². The number of phenolic OH excluding ortho intramolecular Hbond substituents is 1. The van der Waals surface area contributed by atoms with Crippen molar-refractivity contribution in [2.45, 2.75) is 103 Å². The first-order valence-electron chi connectivity index (χ1n) is 16.1. The first kappa shape index (κ1) is 33.6. The molecule has 1 fully saturated rings. The molecule has 1 saturated heterocycles. The lowest BCUT2D eigenvalue weighted by molar-refractivity contribution is -0.213. The average molecular weight is 613 g/mol. The van der Waals surface area contributed by atoms with E-state index in [1.54, 1.807) is 11.3 Å². The lowest BCUT2D eigenvalue weighted by atomic mass is 9.89. The standard InChI is InChI=1S/C36H49FO5S/c1-5-8-17-39-24-29-23-33(40-18-9-6-2)36(41-19-10-7-3)35(42-29)31-22-27(25(4)20-32(31)38)21-30-15-16-34(43-30)26-11-13-28(37)14-12-26/h11-16,20,22,29,33,35-36,38H,5-10,17-19,21,23-24H2,1-4H3/t29-,33-,35-,36+/m0/s1. The van der Waals surface area contributed by atoms with Gasteiger partial charge in [0.1, 0.15) is 23.8 Å². The Balaban J connectivity index is 1.61. The summed E-state index contributed by atoms with van der Waals surface area (Å²) in [6, 6.07) is 14.8. The summed E-state index contributed by atoms with van der Waals surface area (Å²) in [6.07, 6.45) is 6.45. The highest BCUT2D eigenvalue weighted by Crippen LogP contribution is 2.41. The monoisotopic (exact) mass is 612 g/mol. The topological polar surface area (TPSA) is 57.2 Å². The van der Waals surface area contributed by atoms with Crippen molar-refractivity contribution in [2.75, 3.05) is 26.4 Å². The van der Waals surface area contributed by atoms with Crippen molar-refractivity contribution < 1.29 is 28.4 Å². The Labute approximate surface area is 261 Å². The normalized spacial score (nSPS) is 20.5. The minimum absolute atomic E-state index is 0.151. The molecule has 5 nitrogen and oxygen atoms in total. The molecular formula is C36H49FO5S. The third kappa shape index (κ3) is 9.60. The van der Waals surface area contributed by atoms with E-state index in [0.29, 0.717) is 32.8 Å². The van der Waals surface area contributed by atoms with Gasteiger partial charge in [-0.3, -0.25) is 0 Å². The summed E-state index contributed by atoms with van der Waals surface area (Å²) in [5.74, 6) is -0.0177. The number of aromatic hydroxyl groups is 1. The summed E-state index contributed by atoms with van der Waals surface area (Å²) >= 11 is 1.70. The Morgan fingerprint density at radius 3 is 2.33 bits per heavy atom. The summed E-state index contributed by atoms with van der Waals surface area (Å²) < 4.78 is 39.1. The maximum Gasteiger partial charge on any atom is 0.123 e. The number of benzene rings is 2. The van der Waals surface area contributed by atoms with Crippen molar-refractivity contribution in [3.8, 4) is 16.2 Å². The van der Waals surface area contributed by atoms with E-state index >= 15 is 0 Å². The van der Waals surface area contributed by atoms with Crippen LogP contribution in [0.5, 0.6) is 5.75 Å². The number of aryl methyl sites for hydroxylation is 1. The molecule has 3 aromatic rings. The van der Waals surface area contributed by atoms with Gasteiger partial charge < -0.3 is 24.1 Å². The summed E-state index contributed by atoms with van der Waals surface area (Å²) in [5, 5.41) is 11.3. The maximum absolute atomic E-state index is 13.4. The van der Waals surface area contributed by atoms with Gasteiger partial charge in [-0.05, 0) is 79.3 Å². The van der Waals surface area contributed by atoms with E-state index < -0.39 is 6.10 Å². The van der Waals surface area contributed by atoms with E-state index in [1.807, 2.05) is 25.1 Å². The second-order valence-electron chi connectivity index (χ2n) is 11.6. The van der Waals surface area contributed by atoms with Crippen molar-refractivity contribution in [2.24, 2.45) is 0 Å².